The van der Waals surface area contributed by atoms with Crippen molar-refractivity contribution in [1.82, 2.24) is 0 Å². The van der Waals surface area contributed by atoms with Crippen molar-refractivity contribution >= 4 is 33.4 Å². The van der Waals surface area contributed by atoms with Crippen molar-refractivity contribution in [2.45, 2.75) is 0 Å². The maximum Gasteiger partial charge on any atom is -0.147 e. The van der Waals surface area contributed by atoms with Crippen LogP contribution in [0.25, 0.3) is 0 Å². The maximum absolute atomic E-state index is 9.41. The quantitative estimate of drug-likeness (QED) is 0.606. The number of rotatable bonds is 1. The van der Waals surface area contributed by atoms with Gasteiger partial charge in [0.2, 0.25) is 0 Å². The van der Waals surface area contributed by atoms with Crippen LogP contribution in [0.2, 0.25) is 0 Å². The van der Waals surface area contributed by atoms with E-state index in [0.29, 0.717) is 0 Å². The van der Waals surface area contributed by atoms with Crippen molar-refractivity contribution in [2.24, 2.45) is 0 Å². The fourth-order valence-corrected chi connectivity index (χ4v) is 0. The molecule has 1 radical (unpaired) electrons. The summed E-state index contributed by atoms with van der Waals surface area (Å²) in [5.41, 5.74) is 0. The zero-order valence-corrected chi connectivity index (χ0v) is 6.49. The molecule has 0 aromatic carbocycles. The van der Waals surface area contributed by atoms with Crippen LogP contribution in [0, 0.1) is 0 Å². The molecule has 0 saturated carbocycles. The summed E-state index contributed by atoms with van der Waals surface area (Å²) in [6.45, 7) is 0. The van der Waals surface area contributed by atoms with Crippen LogP contribution in [0.15, 0.2) is 0 Å². The van der Waals surface area contributed by atoms with Gasteiger partial charge in [-0.25, -0.2) is 0 Å². The molecule has 39 valence electrons. The van der Waals surface area contributed by atoms with Crippen LogP contribution in [0.3, 0.4) is 0 Å². The Morgan fingerprint density at radius 3 is 2.00 bits per heavy atom. The molecule has 0 aliphatic heterocycles. The first-order chi connectivity index (χ1) is 2.27. The minimum absolute atomic E-state index is 0. The summed E-state index contributed by atoms with van der Waals surface area (Å²) in [6, 6.07) is 0. The Labute approximate surface area is 50.2 Å². The van der Waals surface area contributed by atoms with Gasteiger partial charge in [-0.15, -0.1) is 12.4 Å². The Balaban J connectivity index is 0. The van der Waals surface area contributed by atoms with E-state index in [0.717, 1.165) is 0 Å². The van der Waals surface area contributed by atoms with E-state index in [1.807, 2.05) is 0 Å². The molecule has 0 bridgehead atoms. The largest absolute Gasteiger partial charge is 0.147 e. The molecule has 0 aliphatic carbocycles. The third-order valence-corrected chi connectivity index (χ3v) is 1.05. The van der Waals surface area contributed by atoms with Crippen molar-refractivity contribution < 1.29 is 9.42 Å². The smallest absolute Gasteiger partial charge is 0.147 e. The molecule has 0 unspecified atom stereocenters. The van der Waals surface area contributed by atoms with Gasteiger partial charge in [0.05, 0.1) is 0 Å². The maximum atomic E-state index is 9.41. The van der Waals surface area contributed by atoms with E-state index in [2.05, 4.69) is 3.02 Å². The first-order valence-corrected chi connectivity index (χ1v) is 4.20. The summed E-state index contributed by atoms with van der Waals surface area (Å²) in [7, 11) is 1.22. The van der Waals surface area contributed by atoms with E-state index < -0.39 is 21.0 Å². The topological polar surface area (TPSA) is 46.5 Å². The molecular formula is CH5ClO3Sb. The SMILES string of the molecule is C[O][Sb](=[O])[OH].Cl. The van der Waals surface area contributed by atoms with E-state index in [-0.39, 0.29) is 12.4 Å². The molecule has 6 heavy (non-hydrogen) atoms. The van der Waals surface area contributed by atoms with Crippen LogP contribution in [-0.2, 0) is 6.03 Å². The van der Waals surface area contributed by atoms with Gasteiger partial charge in [0.25, 0.3) is 0 Å². The van der Waals surface area contributed by atoms with Crippen LogP contribution in [0.1, 0.15) is 0 Å². The van der Waals surface area contributed by atoms with E-state index >= 15 is 0 Å². The second kappa shape index (κ2) is 5.83. The average Bonchev–Trinajstić information content (AvgIpc) is 1.38. The van der Waals surface area contributed by atoms with Crippen molar-refractivity contribution in [2.75, 3.05) is 7.11 Å². The Kier molecular flexibility index (Phi) is 9.66. The predicted molar refractivity (Wildman–Crippen MR) is 22.9 cm³/mol. The van der Waals surface area contributed by atoms with Gasteiger partial charge in [0.1, 0.15) is 0 Å². The van der Waals surface area contributed by atoms with Crippen LogP contribution < -0.4 is 0 Å². The zero-order valence-electron chi connectivity index (χ0n) is 3.12. The number of hydrogen-bond acceptors (Lipinski definition) is 2. The van der Waals surface area contributed by atoms with E-state index in [1.165, 1.54) is 7.11 Å². The number of hydrogen-bond donors (Lipinski definition) is 1. The fourth-order valence-electron chi connectivity index (χ4n) is 0. The van der Waals surface area contributed by atoms with Gasteiger partial charge in [-0.3, -0.25) is 0 Å². The molecule has 0 saturated heterocycles. The first kappa shape index (κ1) is 9.95. The summed E-state index contributed by atoms with van der Waals surface area (Å²) < 4.78 is 21.1. The zero-order chi connectivity index (χ0) is 4.28. The summed E-state index contributed by atoms with van der Waals surface area (Å²) in [5.74, 6) is 0. The first-order valence-electron chi connectivity index (χ1n) is 0.973. The third-order valence-electron chi connectivity index (χ3n) is 0.156. The molecule has 5 heteroatoms. The summed E-state index contributed by atoms with van der Waals surface area (Å²) in [6.07, 6.45) is 0. The van der Waals surface area contributed by atoms with Gasteiger partial charge < -0.3 is 0 Å². The average molecular weight is 222 g/mol. The molecule has 0 amide bonds. The van der Waals surface area contributed by atoms with Gasteiger partial charge >= 0.3 is 37.6 Å². The standard InChI is InChI=1S/CH3O.ClH.H2O.O.Sb/c1-2;;;;/h1H3;1H;1H2;;/q-1;;;;+2/p-1. The molecular weight excluding hydrogens is 217 g/mol. The molecule has 0 spiro atoms. The van der Waals surface area contributed by atoms with Crippen LogP contribution in [-0.4, -0.2) is 31.5 Å². The molecule has 0 aromatic heterocycles. The van der Waals surface area contributed by atoms with Gasteiger partial charge in [0, 0.05) is 0 Å². The van der Waals surface area contributed by atoms with Crippen molar-refractivity contribution in [3.05, 3.63) is 0 Å². The summed E-state index contributed by atoms with van der Waals surface area (Å²) in [4.78, 5) is 0. The molecule has 0 rings (SSSR count). The van der Waals surface area contributed by atoms with Gasteiger partial charge in [0.15, 0.2) is 0 Å². The molecule has 0 aromatic rings. The molecule has 0 aliphatic rings. The van der Waals surface area contributed by atoms with Crippen LogP contribution in [0.4, 0.5) is 0 Å². The van der Waals surface area contributed by atoms with Crippen molar-refractivity contribution in [3.8, 4) is 0 Å². The summed E-state index contributed by atoms with van der Waals surface area (Å²) in [5, 5.41) is 0. The third kappa shape index (κ3) is 8.85. The van der Waals surface area contributed by atoms with Crippen molar-refractivity contribution in [1.29, 1.82) is 0 Å². The summed E-state index contributed by atoms with van der Waals surface area (Å²) >= 11 is -3.23. The number of halogens is 1. The Hall–Kier alpha value is 0.828. The molecule has 0 atom stereocenters. The Bertz CT molecular complexity index is 46.1. The van der Waals surface area contributed by atoms with Gasteiger partial charge in [-0.2, -0.15) is 0 Å². The Morgan fingerprint density at radius 2 is 2.00 bits per heavy atom. The van der Waals surface area contributed by atoms with E-state index in [1.54, 1.807) is 0 Å². The minimum atomic E-state index is -3.23. The molecule has 3 nitrogen and oxygen atoms in total. The predicted octanol–water partition coefficient (Wildman–Crippen LogP) is -0.538. The minimum Gasteiger partial charge on any atom is -0.147 e. The van der Waals surface area contributed by atoms with Crippen LogP contribution in [0.5, 0.6) is 0 Å². The Morgan fingerprint density at radius 1 is 1.83 bits per heavy atom. The van der Waals surface area contributed by atoms with Gasteiger partial charge in [-0.1, -0.05) is 0 Å². The molecule has 0 fully saturated rings. The molecule has 1 N–H and O–H groups in total. The van der Waals surface area contributed by atoms with E-state index in [9.17, 15) is 3.02 Å². The second-order valence-electron chi connectivity index (χ2n) is 0.420. The fraction of sp³-hybridized carbons (Fsp3) is 1.00. The van der Waals surface area contributed by atoms with Crippen molar-refractivity contribution in [3.63, 3.8) is 0 Å². The monoisotopic (exact) mass is 221 g/mol. The van der Waals surface area contributed by atoms with Crippen LogP contribution >= 0.6 is 12.4 Å². The second-order valence-corrected chi connectivity index (χ2v) is 2.82. The normalized spacial score (nSPS) is 6.33. The van der Waals surface area contributed by atoms with E-state index in [4.69, 9.17) is 3.39 Å². The molecule has 0 heterocycles. The van der Waals surface area contributed by atoms with Gasteiger partial charge in [-0.05, 0) is 0 Å².